The van der Waals surface area contributed by atoms with Gasteiger partial charge in [0.05, 0.1) is 21.2 Å². The van der Waals surface area contributed by atoms with Crippen LogP contribution < -0.4 is 0 Å². The number of carbonyl (C=O) groups is 1. The predicted molar refractivity (Wildman–Crippen MR) is 66.9 cm³/mol. The number of carbonyl (C=O) groups excluding carboxylic acids is 1. The van der Waals surface area contributed by atoms with Gasteiger partial charge in [0.25, 0.3) is 5.91 Å². The molecule has 0 aliphatic rings. The summed E-state index contributed by atoms with van der Waals surface area (Å²) >= 11 is 8.04. The second-order valence-corrected chi connectivity index (χ2v) is 6.09. The van der Waals surface area contributed by atoms with Crippen LogP contribution in [-0.4, -0.2) is 24.4 Å². The van der Waals surface area contributed by atoms with Gasteiger partial charge in [-0.3, -0.25) is 4.79 Å². The van der Waals surface area contributed by atoms with Crippen molar-refractivity contribution in [2.45, 2.75) is 6.42 Å². The summed E-state index contributed by atoms with van der Waals surface area (Å²) in [6.07, 6.45) is 0.357. The summed E-state index contributed by atoms with van der Waals surface area (Å²) in [6, 6.07) is 3.79. The fourth-order valence-electron chi connectivity index (χ4n) is 0.959. The van der Waals surface area contributed by atoms with Gasteiger partial charge in [0.15, 0.2) is 0 Å². The molecule has 1 amide bonds. The molecule has 1 rings (SSSR count). The molecule has 80 valence electrons. The van der Waals surface area contributed by atoms with E-state index in [-0.39, 0.29) is 5.91 Å². The molecule has 0 N–H and O–H groups in total. The van der Waals surface area contributed by atoms with Crippen LogP contribution in [0.1, 0.15) is 16.1 Å². The van der Waals surface area contributed by atoms with Crippen LogP contribution in [0.5, 0.6) is 0 Å². The number of thiophene rings is 1. The van der Waals surface area contributed by atoms with E-state index < -0.39 is 0 Å². The molecule has 0 radical (unpaired) electrons. The molecule has 0 fully saturated rings. The smallest absolute Gasteiger partial charge is 0.263 e. The van der Waals surface area contributed by atoms with E-state index in [1.807, 2.05) is 6.07 Å². The highest BCUT2D eigenvalue weighted by molar-refractivity contribution is 9.13. The Bertz CT molecular complexity index is 391. The Morgan fingerprint density at radius 1 is 1.67 bits per heavy atom. The highest BCUT2D eigenvalue weighted by Gasteiger charge is 2.15. The molecule has 3 nitrogen and oxygen atoms in total. The lowest BCUT2D eigenvalue weighted by Gasteiger charge is -2.13. The summed E-state index contributed by atoms with van der Waals surface area (Å²) in [7, 11) is 1.70. The zero-order valence-electron chi connectivity index (χ0n) is 7.96. The molecule has 6 heteroatoms. The normalized spacial score (nSPS) is 9.73. The Labute approximate surface area is 109 Å². The number of amides is 1. The van der Waals surface area contributed by atoms with Crippen LogP contribution in [0.4, 0.5) is 0 Å². The molecule has 0 saturated heterocycles. The standard InChI is InChI=1S/C9H8Br2N2OS/c1-13(4-2-3-12)9(14)7-5-6(10)8(11)15-7/h5H,2,4H2,1H3. The Hall–Kier alpha value is -0.380. The summed E-state index contributed by atoms with van der Waals surface area (Å²) < 4.78 is 1.78. The Balaban J connectivity index is 2.72. The number of rotatable bonds is 3. The third kappa shape index (κ3) is 3.30. The van der Waals surface area contributed by atoms with Gasteiger partial charge in [0.1, 0.15) is 0 Å². The summed E-state index contributed by atoms with van der Waals surface area (Å²) in [4.78, 5) is 14.0. The van der Waals surface area contributed by atoms with Crippen LogP contribution in [0.25, 0.3) is 0 Å². The predicted octanol–water partition coefficient (Wildman–Crippen LogP) is 3.26. The van der Waals surface area contributed by atoms with Gasteiger partial charge in [-0.1, -0.05) is 0 Å². The molecule has 1 aromatic rings. The molecular formula is C9H8Br2N2OS. The summed E-state index contributed by atoms with van der Waals surface area (Å²) in [5, 5.41) is 8.42. The number of hydrogen-bond donors (Lipinski definition) is 0. The Morgan fingerprint density at radius 3 is 2.80 bits per heavy atom. The lowest BCUT2D eigenvalue weighted by molar-refractivity contribution is 0.0802. The SMILES string of the molecule is CN(CCC#N)C(=O)c1cc(Br)c(Br)s1. The topological polar surface area (TPSA) is 44.1 Å². The summed E-state index contributed by atoms with van der Waals surface area (Å²) in [5.74, 6) is -0.0540. The maximum Gasteiger partial charge on any atom is 0.263 e. The first-order chi connectivity index (χ1) is 7.06. The van der Waals surface area contributed by atoms with E-state index in [0.717, 1.165) is 8.26 Å². The van der Waals surface area contributed by atoms with Crippen molar-refractivity contribution in [2.75, 3.05) is 13.6 Å². The van der Waals surface area contributed by atoms with Gasteiger partial charge in [-0.05, 0) is 37.9 Å². The third-order valence-electron chi connectivity index (χ3n) is 1.76. The van der Waals surface area contributed by atoms with Crippen molar-refractivity contribution in [2.24, 2.45) is 0 Å². The van der Waals surface area contributed by atoms with Crippen LogP contribution in [0.15, 0.2) is 14.3 Å². The minimum Gasteiger partial charge on any atom is -0.340 e. The average Bonchev–Trinajstić information content (AvgIpc) is 2.54. The van der Waals surface area contributed by atoms with E-state index in [4.69, 9.17) is 5.26 Å². The number of hydrogen-bond acceptors (Lipinski definition) is 3. The third-order valence-corrected chi connectivity index (χ3v) is 5.01. The minimum atomic E-state index is -0.0540. The van der Waals surface area contributed by atoms with Crippen molar-refractivity contribution < 1.29 is 4.79 Å². The first kappa shape index (κ1) is 12.7. The monoisotopic (exact) mass is 350 g/mol. The fraction of sp³-hybridized carbons (Fsp3) is 0.333. The lowest BCUT2D eigenvalue weighted by Crippen LogP contribution is -2.26. The van der Waals surface area contributed by atoms with Gasteiger partial charge in [0.2, 0.25) is 0 Å². The molecule has 0 aromatic carbocycles. The van der Waals surface area contributed by atoms with Crippen molar-refractivity contribution in [3.8, 4) is 6.07 Å². The molecule has 0 saturated carbocycles. The maximum absolute atomic E-state index is 11.8. The second-order valence-electron chi connectivity index (χ2n) is 2.87. The number of nitriles is 1. The van der Waals surface area contributed by atoms with E-state index >= 15 is 0 Å². The van der Waals surface area contributed by atoms with Gasteiger partial charge < -0.3 is 4.90 Å². The van der Waals surface area contributed by atoms with Crippen molar-refractivity contribution in [1.82, 2.24) is 4.90 Å². The van der Waals surface area contributed by atoms with Gasteiger partial charge in [-0.2, -0.15) is 5.26 Å². The quantitative estimate of drug-likeness (QED) is 0.838. The molecule has 0 bridgehead atoms. The number of nitrogens with zero attached hydrogens (tertiary/aromatic N) is 2. The Morgan fingerprint density at radius 2 is 2.33 bits per heavy atom. The maximum atomic E-state index is 11.8. The van der Waals surface area contributed by atoms with Crippen LogP contribution in [0, 0.1) is 11.3 Å². The van der Waals surface area contributed by atoms with Crippen LogP contribution in [0.3, 0.4) is 0 Å². The second kappa shape index (κ2) is 5.64. The van der Waals surface area contributed by atoms with Crippen molar-refractivity contribution in [3.05, 3.63) is 19.2 Å². The lowest BCUT2D eigenvalue weighted by atomic mass is 10.3. The van der Waals surface area contributed by atoms with Crippen LogP contribution in [0.2, 0.25) is 0 Å². The molecule has 0 aliphatic carbocycles. The minimum absolute atomic E-state index is 0.0540. The highest BCUT2D eigenvalue weighted by atomic mass is 79.9. The van der Waals surface area contributed by atoms with Crippen molar-refractivity contribution >= 4 is 49.1 Å². The van der Waals surface area contributed by atoms with Crippen LogP contribution in [-0.2, 0) is 0 Å². The van der Waals surface area contributed by atoms with E-state index in [1.54, 1.807) is 18.0 Å². The van der Waals surface area contributed by atoms with Gasteiger partial charge in [0, 0.05) is 18.1 Å². The largest absolute Gasteiger partial charge is 0.340 e. The first-order valence-corrected chi connectivity index (χ1v) is 6.53. The molecule has 0 atom stereocenters. The fourth-order valence-corrected chi connectivity index (χ4v) is 2.99. The number of halogens is 2. The van der Waals surface area contributed by atoms with Gasteiger partial charge >= 0.3 is 0 Å². The van der Waals surface area contributed by atoms with Gasteiger partial charge in [-0.25, -0.2) is 0 Å². The van der Waals surface area contributed by atoms with Gasteiger partial charge in [-0.15, -0.1) is 11.3 Å². The molecule has 0 unspecified atom stereocenters. The first-order valence-electron chi connectivity index (χ1n) is 4.13. The molecule has 15 heavy (non-hydrogen) atoms. The van der Waals surface area contributed by atoms with E-state index in [2.05, 4.69) is 31.9 Å². The van der Waals surface area contributed by atoms with Crippen molar-refractivity contribution in [3.63, 3.8) is 0 Å². The van der Waals surface area contributed by atoms with E-state index in [0.29, 0.717) is 17.8 Å². The molecule has 0 spiro atoms. The molecular weight excluding hydrogens is 344 g/mol. The molecule has 1 aromatic heterocycles. The zero-order chi connectivity index (χ0) is 11.4. The van der Waals surface area contributed by atoms with E-state index in [9.17, 15) is 4.79 Å². The highest BCUT2D eigenvalue weighted by Crippen LogP contribution is 2.32. The van der Waals surface area contributed by atoms with E-state index in [1.165, 1.54) is 11.3 Å². The van der Waals surface area contributed by atoms with Crippen molar-refractivity contribution in [1.29, 1.82) is 5.26 Å². The average molecular weight is 352 g/mol. The summed E-state index contributed by atoms with van der Waals surface area (Å²) in [6.45, 7) is 0.461. The molecule has 0 aliphatic heterocycles. The molecule has 1 heterocycles. The zero-order valence-corrected chi connectivity index (χ0v) is 11.9. The summed E-state index contributed by atoms with van der Waals surface area (Å²) in [5.41, 5.74) is 0. The van der Waals surface area contributed by atoms with Crippen LogP contribution >= 0.6 is 43.2 Å². The Kier molecular flexibility index (Phi) is 4.77.